The van der Waals surface area contributed by atoms with Crippen LogP contribution in [0.4, 0.5) is 4.79 Å². The number of rotatable bonds is 12. The molecule has 81 heavy (non-hydrogen) atoms. The van der Waals surface area contributed by atoms with Gasteiger partial charge in [0, 0.05) is 87.5 Å². The van der Waals surface area contributed by atoms with Crippen LogP contribution in [0.25, 0.3) is 43.1 Å². The number of phenols is 2. The maximum absolute atomic E-state index is 13.8. The van der Waals surface area contributed by atoms with Crippen LogP contribution in [0.5, 0.6) is 46.0 Å². The monoisotopic (exact) mass is 1090 g/mol. The highest BCUT2D eigenvalue weighted by Gasteiger charge is 2.26. The number of allylic oxidation sites excluding steroid dienone is 6. The van der Waals surface area contributed by atoms with Crippen LogP contribution in [0.15, 0.2) is 138 Å². The first-order valence-corrected chi connectivity index (χ1v) is 26.5. The number of benzene rings is 8. The van der Waals surface area contributed by atoms with Crippen LogP contribution in [0.3, 0.4) is 0 Å². The first kappa shape index (κ1) is 61.0. The third-order valence-electron chi connectivity index (χ3n) is 13.1. The topological polar surface area (TPSA) is 181 Å². The molecule has 0 saturated carbocycles. The Balaban J connectivity index is 0.000000233. The van der Waals surface area contributed by atoms with Crippen molar-refractivity contribution in [2.45, 2.75) is 116 Å². The minimum Gasteiger partial charge on any atom is -0.507 e. The quantitative estimate of drug-likeness (QED) is 0.0511. The van der Waals surface area contributed by atoms with Crippen molar-refractivity contribution >= 4 is 73.1 Å². The maximum Gasteiger partial charge on any atom is 0.519 e. The number of fused-ring (bicyclic) bond motifs is 4. The standard InChI is InChI=1S/C37H38O7.C18H20O3.C13H12O3/c1-21(2)17-19-27-23(5)33(41-25(7)38)29-13-9-11-15-31(29)35(27)43-37(40)44-36-28(20-18-22(3)4)24(6)34(42-26(8)39)30-14-10-12-16-32(30)36;1-11(2)9-10-14-12(3)18(21-13(4)19)16-8-6-5-7-15(16)17(14)20;1-8-7-12(15)10-5-3-4-6-11(10)13(8)16-9(2)14/h9-18H,19-20H2,1-8H3;5-9,20H,10H2,1-4H3;3-7,15H,1-2H3. The zero-order valence-electron chi connectivity index (χ0n) is 48.6. The van der Waals surface area contributed by atoms with Gasteiger partial charge < -0.3 is 38.6 Å². The van der Waals surface area contributed by atoms with Crippen LogP contribution < -0.4 is 28.4 Å². The molecule has 0 radical (unpaired) electrons. The molecular formula is C68H70O13. The minimum absolute atomic E-state index is 0.198. The molecule has 0 aromatic heterocycles. The number of phenolic OH excluding ortho intramolecular Hbond substituents is 2. The second kappa shape index (κ2) is 27.1. The summed E-state index contributed by atoms with van der Waals surface area (Å²) in [5.41, 5.74) is 8.47. The molecule has 2 N–H and O–H groups in total. The SMILES string of the molecule is CC(=O)Oc1c(C)c(CC=C(C)C)c(O)c2ccccc12.CC(=O)Oc1c(C)c(CC=C(C)C)c(OC(=O)Oc2c(CC=C(C)C)c(C)c(OC(C)=O)c3ccccc23)c2ccccc12.CC(=O)Oc1c(C)cc(O)c2ccccc12. The Bertz CT molecular complexity index is 3710. The summed E-state index contributed by atoms with van der Waals surface area (Å²) in [6.45, 7) is 24.8. The van der Waals surface area contributed by atoms with Gasteiger partial charge >= 0.3 is 30.0 Å². The van der Waals surface area contributed by atoms with Gasteiger partial charge in [-0.15, -0.1) is 0 Å². The Morgan fingerprint density at radius 1 is 0.358 bits per heavy atom. The van der Waals surface area contributed by atoms with E-state index in [4.69, 9.17) is 28.4 Å². The lowest BCUT2D eigenvalue weighted by Crippen LogP contribution is -2.18. The summed E-state index contributed by atoms with van der Waals surface area (Å²) in [5, 5.41) is 25.7. The van der Waals surface area contributed by atoms with Crippen LogP contribution in [-0.2, 0) is 38.4 Å². The molecule has 0 spiro atoms. The van der Waals surface area contributed by atoms with E-state index in [9.17, 15) is 34.2 Å². The smallest absolute Gasteiger partial charge is 0.507 e. The van der Waals surface area contributed by atoms with E-state index < -0.39 is 18.1 Å². The van der Waals surface area contributed by atoms with E-state index in [-0.39, 0.29) is 23.4 Å². The molecule has 420 valence electrons. The summed E-state index contributed by atoms with van der Waals surface area (Å²) in [7, 11) is 0. The molecule has 0 heterocycles. The number of aromatic hydroxyl groups is 2. The van der Waals surface area contributed by atoms with Gasteiger partial charge in [-0.05, 0) is 117 Å². The lowest BCUT2D eigenvalue weighted by atomic mass is 9.95. The van der Waals surface area contributed by atoms with Crippen LogP contribution in [0, 0.1) is 27.7 Å². The van der Waals surface area contributed by atoms with Crippen molar-refractivity contribution in [3.05, 3.63) is 177 Å². The number of carbonyl (C=O) groups excluding carboxylic acids is 5. The first-order valence-electron chi connectivity index (χ1n) is 26.5. The number of hydrogen-bond acceptors (Lipinski definition) is 13. The van der Waals surface area contributed by atoms with E-state index in [1.807, 2.05) is 172 Å². The van der Waals surface area contributed by atoms with Crippen molar-refractivity contribution in [2.24, 2.45) is 0 Å². The molecule has 13 nitrogen and oxygen atoms in total. The van der Waals surface area contributed by atoms with Gasteiger partial charge in [-0.1, -0.05) is 132 Å². The van der Waals surface area contributed by atoms with E-state index >= 15 is 0 Å². The van der Waals surface area contributed by atoms with Crippen molar-refractivity contribution < 1.29 is 62.6 Å². The fourth-order valence-corrected chi connectivity index (χ4v) is 9.32. The molecule has 0 saturated heterocycles. The highest BCUT2D eigenvalue weighted by Crippen LogP contribution is 2.45. The van der Waals surface area contributed by atoms with Crippen LogP contribution >= 0.6 is 0 Å². The summed E-state index contributed by atoms with van der Waals surface area (Å²) in [5.74, 6) is 1.43. The van der Waals surface area contributed by atoms with E-state index in [0.29, 0.717) is 108 Å². The van der Waals surface area contributed by atoms with Crippen molar-refractivity contribution in [3.63, 3.8) is 0 Å². The Morgan fingerprint density at radius 3 is 0.975 bits per heavy atom. The van der Waals surface area contributed by atoms with E-state index in [0.717, 1.165) is 38.6 Å². The van der Waals surface area contributed by atoms with Crippen LogP contribution in [-0.4, -0.2) is 40.2 Å². The second-order valence-corrected chi connectivity index (χ2v) is 20.3. The number of hydrogen-bond donors (Lipinski definition) is 2. The third-order valence-corrected chi connectivity index (χ3v) is 13.1. The highest BCUT2D eigenvalue weighted by molar-refractivity contribution is 6.01. The van der Waals surface area contributed by atoms with Gasteiger partial charge in [-0.3, -0.25) is 19.2 Å². The largest absolute Gasteiger partial charge is 0.519 e. The van der Waals surface area contributed by atoms with Crippen molar-refractivity contribution in [3.8, 4) is 46.0 Å². The first-order chi connectivity index (χ1) is 38.4. The number of carbonyl (C=O) groups is 5. The Kier molecular flexibility index (Phi) is 20.4. The molecule has 0 atom stereocenters. The van der Waals surface area contributed by atoms with Gasteiger partial charge in [0.1, 0.15) is 46.0 Å². The van der Waals surface area contributed by atoms with E-state index in [2.05, 4.69) is 0 Å². The van der Waals surface area contributed by atoms with E-state index in [1.165, 1.54) is 33.3 Å². The summed E-state index contributed by atoms with van der Waals surface area (Å²) in [6.07, 6.45) is 6.68. The van der Waals surface area contributed by atoms with Crippen molar-refractivity contribution in [1.82, 2.24) is 0 Å². The minimum atomic E-state index is -0.920. The summed E-state index contributed by atoms with van der Waals surface area (Å²) in [4.78, 5) is 60.2. The maximum atomic E-state index is 13.8. The summed E-state index contributed by atoms with van der Waals surface area (Å²) < 4.78 is 34.0. The number of aryl methyl sites for hydroxylation is 1. The van der Waals surface area contributed by atoms with Gasteiger partial charge in [0.05, 0.1) is 0 Å². The molecule has 8 aromatic rings. The molecule has 0 aliphatic rings. The molecule has 0 bridgehead atoms. The van der Waals surface area contributed by atoms with Crippen LogP contribution in [0.1, 0.15) is 108 Å². The fourth-order valence-electron chi connectivity index (χ4n) is 9.32. The molecule has 0 aliphatic heterocycles. The molecule has 0 unspecified atom stereocenters. The molecular weight excluding hydrogens is 1020 g/mol. The molecule has 8 rings (SSSR count). The number of ether oxygens (including phenoxy) is 6. The molecule has 0 amide bonds. The van der Waals surface area contributed by atoms with Gasteiger partial charge in [0.2, 0.25) is 0 Å². The van der Waals surface area contributed by atoms with Gasteiger partial charge in [0.15, 0.2) is 0 Å². The predicted molar refractivity (Wildman–Crippen MR) is 319 cm³/mol. The Labute approximate surface area is 473 Å². The van der Waals surface area contributed by atoms with Crippen molar-refractivity contribution in [2.75, 3.05) is 0 Å². The molecule has 13 heteroatoms. The fraction of sp³-hybridized carbons (Fsp3) is 0.250. The predicted octanol–water partition coefficient (Wildman–Crippen LogP) is 16.1. The average molecular weight is 1100 g/mol. The Morgan fingerprint density at radius 2 is 0.630 bits per heavy atom. The zero-order chi connectivity index (χ0) is 59.4. The van der Waals surface area contributed by atoms with Gasteiger partial charge in [0.25, 0.3) is 0 Å². The van der Waals surface area contributed by atoms with Crippen LogP contribution in [0.2, 0.25) is 0 Å². The number of esters is 4. The van der Waals surface area contributed by atoms with E-state index in [1.54, 1.807) is 19.1 Å². The molecule has 0 aliphatic carbocycles. The normalized spacial score (nSPS) is 10.6. The zero-order valence-corrected chi connectivity index (χ0v) is 48.6. The lowest BCUT2D eigenvalue weighted by Gasteiger charge is -2.21. The summed E-state index contributed by atoms with van der Waals surface area (Å²) in [6, 6.07) is 30.9. The summed E-state index contributed by atoms with van der Waals surface area (Å²) >= 11 is 0. The molecule has 0 fully saturated rings. The second-order valence-electron chi connectivity index (χ2n) is 20.3. The molecule has 8 aromatic carbocycles. The van der Waals surface area contributed by atoms with Gasteiger partial charge in [-0.2, -0.15) is 0 Å². The van der Waals surface area contributed by atoms with Gasteiger partial charge in [-0.25, -0.2) is 4.79 Å². The average Bonchev–Trinajstić information content (AvgIpc) is 3.28. The highest BCUT2D eigenvalue weighted by atomic mass is 16.7. The van der Waals surface area contributed by atoms with Crippen molar-refractivity contribution in [1.29, 1.82) is 0 Å². The Hall–Kier alpha value is -9.23. The lowest BCUT2D eigenvalue weighted by molar-refractivity contribution is -0.132. The third kappa shape index (κ3) is 14.9.